The predicted molar refractivity (Wildman–Crippen MR) is 57.5 cm³/mol. The first-order valence-corrected chi connectivity index (χ1v) is 5.14. The van der Waals surface area contributed by atoms with E-state index in [1.54, 1.807) is 0 Å². The summed E-state index contributed by atoms with van der Waals surface area (Å²) in [7, 11) is 0. The topological polar surface area (TPSA) is 55.0 Å². The highest BCUT2D eigenvalue weighted by molar-refractivity contribution is 6.32. The second-order valence-corrected chi connectivity index (χ2v) is 3.78. The van der Waals surface area contributed by atoms with Gasteiger partial charge in [-0.2, -0.15) is 0 Å². The molecule has 4 nitrogen and oxygen atoms in total. The standard InChI is InChI=1S/C9H13ClN4/c1-2-14(6-3-4-6)9-7(11)8(10)12-5-13-9/h5-6H,2-4,11H2,1H3. The first kappa shape index (κ1) is 9.52. The largest absolute Gasteiger partial charge is 0.393 e. The van der Waals surface area contributed by atoms with Crippen LogP contribution in [0.5, 0.6) is 0 Å². The summed E-state index contributed by atoms with van der Waals surface area (Å²) in [6.07, 6.45) is 3.89. The van der Waals surface area contributed by atoms with Crippen molar-refractivity contribution < 1.29 is 0 Å². The van der Waals surface area contributed by atoms with Gasteiger partial charge < -0.3 is 10.6 Å². The van der Waals surface area contributed by atoms with Crippen molar-refractivity contribution in [3.05, 3.63) is 11.5 Å². The molecule has 1 fully saturated rings. The fourth-order valence-corrected chi connectivity index (χ4v) is 1.69. The molecule has 1 saturated carbocycles. The van der Waals surface area contributed by atoms with Crippen LogP contribution in [0.3, 0.4) is 0 Å². The van der Waals surface area contributed by atoms with Crippen LogP contribution >= 0.6 is 11.6 Å². The number of nitrogens with two attached hydrogens (primary N) is 1. The minimum absolute atomic E-state index is 0.342. The average Bonchev–Trinajstić information content (AvgIpc) is 2.97. The number of halogens is 1. The smallest absolute Gasteiger partial charge is 0.157 e. The molecule has 76 valence electrons. The van der Waals surface area contributed by atoms with E-state index in [1.807, 2.05) is 0 Å². The summed E-state index contributed by atoms with van der Waals surface area (Å²) < 4.78 is 0. The molecule has 0 aromatic carbocycles. The summed E-state index contributed by atoms with van der Waals surface area (Å²) in [5, 5.41) is 0.342. The molecule has 1 aliphatic rings. The maximum Gasteiger partial charge on any atom is 0.157 e. The highest BCUT2D eigenvalue weighted by atomic mass is 35.5. The number of rotatable bonds is 3. The molecule has 0 atom stereocenters. The highest BCUT2D eigenvalue weighted by Crippen LogP contribution is 2.34. The lowest BCUT2D eigenvalue weighted by molar-refractivity contribution is 0.807. The molecular weight excluding hydrogens is 200 g/mol. The number of anilines is 2. The van der Waals surface area contributed by atoms with Gasteiger partial charge in [0.15, 0.2) is 11.0 Å². The molecule has 0 amide bonds. The summed E-state index contributed by atoms with van der Waals surface area (Å²) in [6, 6.07) is 0.591. The third-order valence-corrected chi connectivity index (χ3v) is 2.72. The Morgan fingerprint density at radius 3 is 2.86 bits per heavy atom. The summed E-state index contributed by atoms with van der Waals surface area (Å²) in [4.78, 5) is 10.2. The molecule has 0 bridgehead atoms. The average molecular weight is 213 g/mol. The summed E-state index contributed by atoms with van der Waals surface area (Å²) in [6.45, 7) is 3.00. The van der Waals surface area contributed by atoms with Crippen molar-refractivity contribution in [3.8, 4) is 0 Å². The summed E-state index contributed by atoms with van der Waals surface area (Å²) in [5.41, 5.74) is 6.31. The van der Waals surface area contributed by atoms with Crippen LogP contribution in [0.1, 0.15) is 19.8 Å². The van der Waals surface area contributed by atoms with Crippen molar-refractivity contribution in [2.75, 3.05) is 17.2 Å². The van der Waals surface area contributed by atoms with Gasteiger partial charge in [-0.3, -0.25) is 0 Å². The van der Waals surface area contributed by atoms with Crippen molar-refractivity contribution in [2.24, 2.45) is 0 Å². The van der Waals surface area contributed by atoms with Crippen LogP contribution in [0.2, 0.25) is 5.15 Å². The van der Waals surface area contributed by atoms with Gasteiger partial charge in [0, 0.05) is 12.6 Å². The van der Waals surface area contributed by atoms with Crippen LogP contribution in [0.4, 0.5) is 11.5 Å². The maximum absolute atomic E-state index is 5.84. The fourth-order valence-electron chi connectivity index (χ4n) is 1.56. The molecule has 0 unspecified atom stereocenters. The number of aromatic nitrogens is 2. The molecule has 2 rings (SSSR count). The Balaban J connectivity index is 2.33. The van der Waals surface area contributed by atoms with E-state index in [0.29, 0.717) is 16.9 Å². The quantitative estimate of drug-likeness (QED) is 0.775. The molecule has 1 aromatic heterocycles. The fraction of sp³-hybridized carbons (Fsp3) is 0.556. The number of nitrogens with zero attached hydrogens (tertiary/aromatic N) is 3. The minimum Gasteiger partial charge on any atom is -0.393 e. The van der Waals surface area contributed by atoms with Gasteiger partial charge in [-0.15, -0.1) is 0 Å². The van der Waals surface area contributed by atoms with Gasteiger partial charge in [0.2, 0.25) is 0 Å². The maximum atomic E-state index is 5.84. The summed E-state index contributed by atoms with van der Waals surface area (Å²) in [5.74, 6) is 0.773. The van der Waals surface area contributed by atoms with E-state index in [9.17, 15) is 0 Å². The first-order chi connectivity index (χ1) is 6.74. The molecule has 2 N–H and O–H groups in total. The van der Waals surface area contributed by atoms with E-state index in [-0.39, 0.29) is 0 Å². The Kier molecular flexibility index (Phi) is 2.46. The van der Waals surface area contributed by atoms with E-state index >= 15 is 0 Å². The van der Waals surface area contributed by atoms with E-state index in [0.717, 1.165) is 12.4 Å². The molecule has 1 aliphatic carbocycles. The van der Waals surface area contributed by atoms with E-state index in [4.69, 9.17) is 17.3 Å². The van der Waals surface area contributed by atoms with Crippen molar-refractivity contribution in [1.29, 1.82) is 0 Å². The Bertz CT molecular complexity index is 338. The molecule has 1 heterocycles. The van der Waals surface area contributed by atoms with Crippen molar-refractivity contribution in [2.45, 2.75) is 25.8 Å². The molecule has 5 heteroatoms. The monoisotopic (exact) mass is 212 g/mol. The number of nitrogen functional groups attached to an aromatic ring is 1. The lowest BCUT2D eigenvalue weighted by atomic mass is 10.4. The van der Waals surface area contributed by atoms with Crippen LogP contribution < -0.4 is 10.6 Å². The second-order valence-electron chi connectivity index (χ2n) is 3.42. The van der Waals surface area contributed by atoms with Crippen molar-refractivity contribution >= 4 is 23.1 Å². The Hall–Kier alpha value is -1.03. The van der Waals surface area contributed by atoms with Gasteiger partial charge in [0.1, 0.15) is 12.0 Å². The van der Waals surface area contributed by atoms with Crippen LogP contribution in [-0.4, -0.2) is 22.6 Å². The van der Waals surface area contributed by atoms with E-state index < -0.39 is 0 Å². The SMILES string of the molecule is CCN(c1ncnc(Cl)c1N)C1CC1. The van der Waals surface area contributed by atoms with Crippen LogP contribution in [0, 0.1) is 0 Å². The zero-order chi connectivity index (χ0) is 10.1. The highest BCUT2D eigenvalue weighted by Gasteiger charge is 2.30. The molecule has 0 spiro atoms. The van der Waals surface area contributed by atoms with Gasteiger partial charge in [0.05, 0.1) is 0 Å². The molecule has 0 saturated heterocycles. The van der Waals surface area contributed by atoms with Crippen molar-refractivity contribution in [3.63, 3.8) is 0 Å². The van der Waals surface area contributed by atoms with Gasteiger partial charge in [-0.25, -0.2) is 9.97 Å². The Labute approximate surface area is 88.1 Å². The number of hydrogen-bond donors (Lipinski definition) is 1. The first-order valence-electron chi connectivity index (χ1n) is 4.76. The third kappa shape index (κ3) is 1.62. The van der Waals surface area contributed by atoms with Crippen LogP contribution in [0.25, 0.3) is 0 Å². The van der Waals surface area contributed by atoms with Crippen LogP contribution in [0.15, 0.2) is 6.33 Å². The normalized spacial score (nSPS) is 15.6. The van der Waals surface area contributed by atoms with Gasteiger partial charge in [-0.1, -0.05) is 11.6 Å². The summed E-state index contributed by atoms with van der Waals surface area (Å²) >= 11 is 5.84. The predicted octanol–water partition coefficient (Wildman–Crippen LogP) is 1.70. The minimum atomic E-state index is 0.342. The van der Waals surface area contributed by atoms with E-state index in [1.165, 1.54) is 19.2 Å². The molecule has 14 heavy (non-hydrogen) atoms. The second kappa shape index (κ2) is 3.61. The van der Waals surface area contributed by atoms with Gasteiger partial charge in [-0.05, 0) is 19.8 Å². The van der Waals surface area contributed by atoms with Crippen molar-refractivity contribution in [1.82, 2.24) is 9.97 Å². The third-order valence-electron chi connectivity index (χ3n) is 2.41. The van der Waals surface area contributed by atoms with E-state index in [2.05, 4.69) is 21.8 Å². The lowest BCUT2D eigenvalue weighted by Crippen LogP contribution is -2.27. The zero-order valence-corrected chi connectivity index (χ0v) is 8.83. The molecule has 0 radical (unpaired) electrons. The van der Waals surface area contributed by atoms with Gasteiger partial charge in [0.25, 0.3) is 0 Å². The zero-order valence-electron chi connectivity index (χ0n) is 8.07. The van der Waals surface area contributed by atoms with Crippen LogP contribution in [-0.2, 0) is 0 Å². The lowest BCUT2D eigenvalue weighted by Gasteiger charge is -2.22. The Morgan fingerprint density at radius 2 is 2.29 bits per heavy atom. The van der Waals surface area contributed by atoms with Gasteiger partial charge >= 0.3 is 0 Å². The number of hydrogen-bond acceptors (Lipinski definition) is 4. The molecular formula is C9H13ClN4. The molecule has 0 aliphatic heterocycles. The Morgan fingerprint density at radius 1 is 1.57 bits per heavy atom. The molecule has 1 aromatic rings.